The molecule has 3 heteroatoms. The number of methoxy groups -OCH3 is 1. The number of benzene rings is 1. The quantitative estimate of drug-likeness (QED) is 0.890. The van der Waals surface area contributed by atoms with Gasteiger partial charge in [-0.3, -0.25) is 0 Å². The van der Waals surface area contributed by atoms with E-state index in [9.17, 15) is 0 Å². The lowest BCUT2D eigenvalue weighted by Gasteiger charge is -2.35. The predicted molar refractivity (Wildman–Crippen MR) is 80.6 cm³/mol. The maximum absolute atomic E-state index is 6.50. The molecule has 0 saturated heterocycles. The summed E-state index contributed by atoms with van der Waals surface area (Å²) in [6.45, 7) is 4.65. The fraction of sp³-hybridized carbons (Fsp3) is 0.625. The van der Waals surface area contributed by atoms with E-state index in [1.807, 2.05) is 18.2 Å². The normalized spacial score (nSPS) is 29.0. The molecule has 19 heavy (non-hydrogen) atoms. The summed E-state index contributed by atoms with van der Waals surface area (Å²) in [5.74, 6) is 2.88. The van der Waals surface area contributed by atoms with Gasteiger partial charge in [0, 0.05) is 16.6 Å². The molecule has 1 aliphatic rings. The first-order valence-corrected chi connectivity index (χ1v) is 7.48. The third kappa shape index (κ3) is 3.43. The average Bonchev–Trinajstić information content (AvgIpc) is 2.36. The Kier molecular flexibility index (Phi) is 4.75. The Morgan fingerprint density at radius 3 is 2.42 bits per heavy atom. The zero-order valence-corrected chi connectivity index (χ0v) is 12.8. The monoisotopic (exact) mass is 281 g/mol. The first-order chi connectivity index (χ1) is 9.01. The summed E-state index contributed by atoms with van der Waals surface area (Å²) in [6.07, 6.45) is 3.71. The molecule has 3 atom stereocenters. The van der Waals surface area contributed by atoms with E-state index in [1.165, 1.54) is 19.3 Å². The van der Waals surface area contributed by atoms with Crippen molar-refractivity contribution in [2.24, 2.45) is 23.5 Å². The molecule has 1 saturated carbocycles. The van der Waals surface area contributed by atoms with E-state index in [1.54, 1.807) is 7.11 Å². The molecule has 0 heterocycles. The Hall–Kier alpha value is -0.730. The molecule has 2 rings (SSSR count). The maximum Gasteiger partial charge on any atom is 0.123 e. The van der Waals surface area contributed by atoms with Crippen LogP contribution in [-0.2, 0) is 0 Å². The lowest BCUT2D eigenvalue weighted by molar-refractivity contribution is 0.192. The highest BCUT2D eigenvalue weighted by molar-refractivity contribution is 6.30. The minimum atomic E-state index is 0.0128. The Labute approximate surface area is 121 Å². The molecule has 1 aliphatic carbocycles. The highest BCUT2D eigenvalue weighted by Crippen LogP contribution is 2.41. The van der Waals surface area contributed by atoms with E-state index < -0.39 is 0 Å². The predicted octanol–water partition coefficient (Wildman–Crippen LogP) is 4.42. The summed E-state index contributed by atoms with van der Waals surface area (Å²) in [5.41, 5.74) is 7.54. The Morgan fingerprint density at radius 1 is 1.21 bits per heavy atom. The van der Waals surface area contributed by atoms with Crippen LogP contribution >= 0.6 is 11.6 Å². The van der Waals surface area contributed by atoms with E-state index in [4.69, 9.17) is 22.1 Å². The molecule has 0 bridgehead atoms. The summed E-state index contributed by atoms with van der Waals surface area (Å²) < 4.78 is 5.43. The zero-order valence-electron chi connectivity index (χ0n) is 12.0. The molecule has 3 unspecified atom stereocenters. The zero-order chi connectivity index (χ0) is 14.0. The van der Waals surface area contributed by atoms with Crippen LogP contribution in [0.15, 0.2) is 18.2 Å². The van der Waals surface area contributed by atoms with Gasteiger partial charge in [-0.1, -0.05) is 25.4 Å². The van der Waals surface area contributed by atoms with Crippen molar-refractivity contribution in [1.29, 1.82) is 0 Å². The van der Waals surface area contributed by atoms with Crippen LogP contribution in [-0.4, -0.2) is 7.11 Å². The highest BCUT2D eigenvalue weighted by atomic mass is 35.5. The molecule has 1 aromatic rings. The Morgan fingerprint density at radius 2 is 1.84 bits per heavy atom. The van der Waals surface area contributed by atoms with Crippen molar-refractivity contribution >= 4 is 11.6 Å². The van der Waals surface area contributed by atoms with Gasteiger partial charge in [-0.25, -0.2) is 0 Å². The van der Waals surface area contributed by atoms with Crippen LogP contribution in [0.5, 0.6) is 5.75 Å². The number of nitrogens with two attached hydrogens (primary N) is 1. The van der Waals surface area contributed by atoms with Gasteiger partial charge in [0.2, 0.25) is 0 Å². The molecule has 106 valence electrons. The fourth-order valence-corrected chi connectivity index (χ4v) is 3.70. The third-order valence-electron chi connectivity index (χ3n) is 4.27. The Bertz CT molecular complexity index is 425. The van der Waals surface area contributed by atoms with Crippen molar-refractivity contribution in [3.05, 3.63) is 28.8 Å². The van der Waals surface area contributed by atoms with Gasteiger partial charge in [0.1, 0.15) is 5.75 Å². The molecule has 2 N–H and O–H groups in total. The van der Waals surface area contributed by atoms with Crippen molar-refractivity contribution in [1.82, 2.24) is 0 Å². The smallest absolute Gasteiger partial charge is 0.123 e. The second-order valence-corrected chi connectivity index (χ2v) is 6.53. The lowest BCUT2D eigenvalue weighted by atomic mass is 9.72. The van der Waals surface area contributed by atoms with Crippen LogP contribution in [0.3, 0.4) is 0 Å². The minimum absolute atomic E-state index is 0.0128. The Balaban J connectivity index is 2.23. The fourth-order valence-electron chi connectivity index (χ4n) is 3.52. The summed E-state index contributed by atoms with van der Waals surface area (Å²) in [5, 5.41) is 0.725. The van der Waals surface area contributed by atoms with Crippen molar-refractivity contribution in [2.75, 3.05) is 7.11 Å². The third-order valence-corrected chi connectivity index (χ3v) is 4.51. The van der Waals surface area contributed by atoms with Gasteiger partial charge >= 0.3 is 0 Å². The van der Waals surface area contributed by atoms with Gasteiger partial charge in [0.05, 0.1) is 7.11 Å². The van der Waals surface area contributed by atoms with Gasteiger partial charge in [-0.2, -0.15) is 0 Å². The van der Waals surface area contributed by atoms with E-state index in [-0.39, 0.29) is 6.04 Å². The molecular weight excluding hydrogens is 258 g/mol. The summed E-state index contributed by atoms with van der Waals surface area (Å²) >= 11 is 6.10. The summed E-state index contributed by atoms with van der Waals surface area (Å²) in [6, 6.07) is 5.73. The van der Waals surface area contributed by atoms with Crippen LogP contribution in [0.1, 0.15) is 44.7 Å². The molecule has 0 spiro atoms. The molecule has 0 amide bonds. The molecule has 1 aromatic carbocycles. The second kappa shape index (κ2) is 6.15. The molecule has 0 aromatic heterocycles. The van der Waals surface area contributed by atoms with Crippen LogP contribution in [0, 0.1) is 17.8 Å². The lowest BCUT2D eigenvalue weighted by Crippen LogP contribution is -2.29. The number of rotatable bonds is 3. The van der Waals surface area contributed by atoms with Crippen LogP contribution in [0.25, 0.3) is 0 Å². The number of hydrogen-bond donors (Lipinski definition) is 1. The molecular formula is C16H24ClNO. The minimum Gasteiger partial charge on any atom is -0.496 e. The maximum atomic E-state index is 6.50. The standard InChI is InChI=1S/C16H24ClNO/c1-10-6-11(2)8-12(7-10)16(18)14-9-13(17)4-5-15(14)19-3/h4-5,9-12,16H,6-8,18H2,1-3H3. The molecule has 0 radical (unpaired) electrons. The molecule has 2 nitrogen and oxygen atoms in total. The van der Waals surface area contributed by atoms with Gasteiger partial charge < -0.3 is 10.5 Å². The summed E-state index contributed by atoms with van der Waals surface area (Å²) in [4.78, 5) is 0. The van der Waals surface area contributed by atoms with Gasteiger partial charge in [0.15, 0.2) is 0 Å². The topological polar surface area (TPSA) is 35.2 Å². The first kappa shape index (κ1) is 14.7. The van der Waals surface area contributed by atoms with Crippen molar-refractivity contribution in [3.8, 4) is 5.75 Å². The SMILES string of the molecule is COc1ccc(Cl)cc1C(N)C1CC(C)CC(C)C1. The molecule has 1 fully saturated rings. The van der Waals surface area contributed by atoms with Gasteiger partial charge in [0.25, 0.3) is 0 Å². The van der Waals surface area contributed by atoms with Crippen LogP contribution in [0.2, 0.25) is 5.02 Å². The van der Waals surface area contributed by atoms with Crippen LogP contribution in [0.4, 0.5) is 0 Å². The van der Waals surface area contributed by atoms with E-state index in [0.717, 1.165) is 28.2 Å². The van der Waals surface area contributed by atoms with Crippen LogP contribution < -0.4 is 10.5 Å². The van der Waals surface area contributed by atoms with E-state index >= 15 is 0 Å². The first-order valence-electron chi connectivity index (χ1n) is 7.10. The molecule has 0 aliphatic heterocycles. The van der Waals surface area contributed by atoms with Gasteiger partial charge in [-0.05, 0) is 55.2 Å². The largest absolute Gasteiger partial charge is 0.496 e. The van der Waals surface area contributed by atoms with Crippen molar-refractivity contribution in [2.45, 2.75) is 39.2 Å². The second-order valence-electron chi connectivity index (χ2n) is 6.09. The average molecular weight is 282 g/mol. The van der Waals surface area contributed by atoms with Gasteiger partial charge in [-0.15, -0.1) is 0 Å². The number of hydrogen-bond acceptors (Lipinski definition) is 2. The number of ether oxygens (including phenoxy) is 1. The van der Waals surface area contributed by atoms with Crippen molar-refractivity contribution in [3.63, 3.8) is 0 Å². The number of halogens is 1. The van der Waals surface area contributed by atoms with E-state index in [0.29, 0.717) is 5.92 Å². The van der Waals surface area contributed by atoms with Crippen molar-refractivity contribution < 1.29 is 4.74 Å². The summed E-state index contributed by atoms with van der Waals surface area (Å²) in [7, 11) is 1.69. The highest BCUT2D eigenvalue weighted by Gasteiger charge is 2.30. The van der Waals surface area contributed by atoms with E-state index in [2.05, 4.69) is 13.8 Å².